The molecule has 1 aliphatic rings. The number of halogens is 6. The number of benzene rings is 1. The van der Waals surface area contributed by atoms with Gasteiger partial charge in [-0.15, -0.1) is 5.10 Å². The molecule has 1 aliphatic heterocycles. The van der Waals surface area contributed by atoms with Crippen molar-refractivity contribution in [3.05, 3.63) is 35.8 Å². The van der Waals surface area contributed by atoms with Crippen LogP contribution in [-0.2, 0) is 6.54 Å². The number of hydrogen-bond acceptors (Lipinski definition) is 6. The van der Waals surface area contributed by atoms with Crippen molar-refractivity contribution in [3.63, 3.8) is 0 Å². The molecule has 0 spiro atoms. The van der Waals surface area contributed by atoms with Crippen LogP contribution in [0.15, 0.2) is 18.3 Å². The van der Waals surface area contributed by atoms with E-state index in [2.05, 4.69) is 20.4 Å². The fraction of sp³-hybridized carbons (Fsp3) is 0.409. The number of anilines is 1. The second-order valence-electron chi connectivity index (χ2n) is 8.73. The summed E-state index contributed by atoms with van der Waals surface area (Å²) in [6.45, 7) is 0.342. The van der Waals surface area contributed by atoms with E-state index in [1.165, 1.54) is 25.0 Å². The molecule has 0 amide bonds. The molecule has 36 heavy (non-hydrogen) atoms. The Morgan fingerprint density at radius 1 is 1.19 bits per heavy atom. The Balaban J connectivity index is 1.63. The molecule has 14 heteroatoms. The quantitative estimate of drug-likeness (QED) is 0.394. The first-order valence-electron chi connectivity index (χ1n) is 10.9. The Morgan fingerprint density at radius 2 is 1.94 bits per heavy atom. The summed E-state index contributed by atoms with van der Waals surface area (Å²) in [6.07, 6.45) is -1.74. The summed E-state index contributed by atoms with van der Waals surface area (Å²) in [5.41, 5.74) is -0.189. The molecule has 1 aromatic carbocycles. The SMILES string of the molecule is COc1nc(NC2CN(C)CC2(F)F)nn2cc(F)c(-c3cc(F)c4nc(C)n(CC(F)F)c4c3)c12. The summed E-state index contributed by atoms with van der Waals surface area (Å²) in [6, 6.07) is 1.10. The highest BCUT2D eigenvalue weighted by molar-refractivity contribution is 5.90. The lowest BCUT2D eigenvalue weighted by atomic mass is 10.1. The normalized spacial score (nSPS) is 18.1. The molecule has 8 nitrogen and oxygen atoms in total. The average Bonchev–Trinajstić information content (AvgIpc) is 3.37. The second-order valence-corrected chi connectivity index (χ2v) is 8.73. The van der Waals surface area contributed by atoms with Gasteiger partial charge in [0.1, 0.15) is 22.9 Å². The minimum Gasteiger partial charge on any atom is -0.479 e. The third-order valence-electron chi connectivity index (χ3n) is 6.14. The molecule has 192 valence electrons. The van der Waals surface area contributed by atoms with Crippen molar-refractivity contribution in [1.29, 1.82) is 0 Å². The number of nitrogens with zero attached hydrogens (tertiary/aromatic N) is 6. The third-order valence-corrected chi connectivity index (χ3v) is 6.14. The molecule has 4 aromatic rings. The van der Waals surface area contributed by atoms with Crippen molar-refractivity contribution in [1.82, 2.24) is 29.0 Å². The number of methoxy groups -OCH3 is 1. The predicted octanol–water partition coefficient (Wildman–Crippen LogP) is 3.97. The molecule has 1 N–H and O–H groups in total. The molecule has 0 aliphatic carbocycles. The number of fused-ring (bicyclic) bond motifs is 2. The fourth-order valence-corrected chi connectivity index (χ4v) is 4.60. The van der Waals surface area contributed by atoms with Crippen LogP contribution in [0.4, 0.5) is 32.3 Å². The Morgan fingerprint density at radius 3 is 2.58 bits per heavy atom. The lowest BCUT2D eigenvalue weighted by molar-refractivity contribution is 0.00582. The van der Waals surface area contributed by atoms with Crippen LogP contribution < -0.4 is 10.1 Å². The van der Waals surface area contributed by atoms with Gasteiger partial charge in [-0.3, -0.25) is 4.90 Å². The maximum atomic E-state index is 15.2. The van der Waals surface area contributed by atoms with Crippen molar-refractivity contribution in [3.8, 4) is 17.0 Å². The van der Waals surface area contributed by atoms with Gasteiger partial charge in [0.05, 0.1) is 37.5 Å². The minimum atomic E-state index is -3.04. The lowest BCUT2D eigenvalue weighted by Gasteiger charge is -2.19. The summed E-state index contributed by atoms with van der Waals surface area (Å²) < 4.78 is 92.4. The molecule has 1 fully saturated rings. The van der Waals surface area contributed by atoms with Gasteiger partial charge in [0.2, 0.25) is 11.8 Å². The summed E-state index contributed by atoms with van der Waals surface area (Å²) in [5, 5.41) is 6.68. The van der Waals surface area contributed by atoms with Gasteiger partial charge in [0.25, 0.3) is 12.3 Å². The average molecular weight is 513 g/mol. The zero-order valence-corrected chi connectivity index (χ0v) is 19.4. The monoisotopic (exact) mass is 513 g/mol. The molecule has 0 bridgehead atoms. The summed E-state index contributed by atoms with van der Waals surface area (Å²) in [5.74, 6) is -4.90. The molecular weight excluding hydrogens is 492 g/mol. The van der Waals surface area contributed by atoms with Crippen LogP contribution >= 0.6 is 0 Å². The van der Waals surface area contributed by atoms with E-state index < -0.39 is 43.1 Å². The standard InChI is InChI=1S/C22H21F6N7O/c1-10-29-18-12(23)4-11(5-14(18)34(10)8-16(25)26)17-13(24)6-35-19(17)20(36-3)31-21(32-35)30-15-7-33(2)9-22(15,27)28/h4-6,15-16H,7-9H2,1-3H3,(H,30,32). The Labute approximate surface area is 200 Å². The Kier molecular flexibility index (Phi) is 5.73. The number of likely N-dealkylation sites (N-methyl/N-ethyl adjacent to an activating group) is 1. The first-order valence-corrected chi connectivity index (χ1v) is 10.9. The van der Waals surface area contributed by atoms with E-state index in [1.54, 1.807) is 7.05 Å². The molecule has 1 unspecified atom stereocenters. The summed E-state index contributed by atoms with van der Waals surface area (Å²) in [4.78, 5) is 9.59. The maximum absolute atomic E-state index is 15.2. The van der Waals surface area contributed by atoms with E-state index in [0.29, 0.717) is 0 Å². The molecule has 1 atom stereocenters. The fourth-order valence-electron chi connectivity index (χ4n) is 4.60. The Bertz CT molecular complexity index is 1470. The molecule has 4 heterocycles. The number of imidazole rings is 1. The van der Waals surface area contributed by atoms with Gasteiger partial charge < -0.3 is 14.6 Å². The Hall–Kier alpha value is -3.55. The van der Waals surface area contributed by atoms with E-state index in [0.717, 1.165) is 21.3 Å². The van der Waals surface area contributed by atoms with Crippen molar-refractivity contribution in [2.24, 2.45) is 0 Å². The van der Waals surface area contributed by atoms with E-state index >= 15 is 4.39 Å². The zero-order chi connectivity index (χ0) is 25.9. The second kappa shape index (κ2) is 8.54. The zero-order valence-electron chi connectivity index (χ0n) is 19.4. The number of aromatic nitrogens is 5. The summed E-state index contributed by atoms with van der Waals surface area (Å²) >= 11 is 0. The molecule has 5 rings (SSSR count). The van der Waals surface area contributed by atoms with Crippen LogP contribution in [-0.4, -0.2) is 74.7 Å². The van der Waals surface area contributed by atoms with E-state index in [9.17, 15) is 22.0 Å². The van der Waals surface area contributed by atoms with E-state index in [1.807, 2.05) is 0 Å². The van der Waals surface area contributed by atoms with Crippen LogP contribution in [0.5, 0.6) is 5.88 Å². The maximum Gasteiger partial charge on any atom is 0.281 e. The highest BCUT2D eigenvalue weighted by atomic mass is 19.3. The van der Waals surface area contributed by atoms with Crippen molar-refractivity contribution in [2.75, 3.05) is 32.6 Å². The molecular formula is C22H21F6N7O. The minimum absolute atomic E-state index is 0.00578. The first-order chi connectivity index (χ1) is 17.0. The highest BCUT2D eigenvalue weighted by Gasteiger charge is 2.47. The number of ether oxygens (including phenoxy) is 1. The van der Waals surface area contributed by atoms with Gasteiger partial charge in [0.15, 0.2) is 11.6 Å². The lowest BCUT2D eigenvalue weighted by Crippen LogP contribution is -2.38. The number of alkyl halides is 4. The first kappa shape index (κ1) is 24.2. The van der Waals surface area contributed by atoms with Gasteiger partial charge >= 0.3 is 0 Å². The van der Waals surface area contributed by atoms with E-state index in [-0.39, 0.29) is 51.9 Å². The molecule has 0 radical (unpaired) electrons. The predicted molar refractivity (Wildman–Crippen MR) is 119 cm³/mol. The number of likely N-dealkylation sites (tertiary alicyclic amines) is 1. The molecule has 0 saturated carbocycles. The van der Waals surface area contributed by atoms with Gasteiger partial charge in [-0.1, -0.05) is 0 Å². The van der Waals surface area contributed by atoms with Crippen LogP contribution in [0.3, 0.4) is 0 Å². The van der Waals surface area contributed by atoms with Crippen molar-refractivity contribution in [2.45, 2.75) is 31.9 Å². The number of aryl methyl sites for hydroxylation is 1. The van der Waals surface area contributed by atoms with Gasteiger partial charge in [-0.25, -0.2) is 35.8 Å². The number of hydrogen-bond donors (Lipinski definition) is 1. The van der Waals surface area contributed by atoms with Crippen LogP contribution in [0, 0.1) is 18.6 Å². The summed E-state index contributed by atoms with van der Waals surface area (Å²) in [7, 11) is 2.81. The van der Waals surface area contributed by atoms with E-state index in [4.69, 9.17) is 4.74 Å². The van der Waals surface area contributed by atoms with Crippen LogP contribution in [0.2, 0.25) is 0 Å². The van der Waals surface area contributed by atoms with Gasteiger partial charge in [-0.05, 0) is 31.7 Å². The van der Waals surface area contributed by atoms with Crippen molar-refractivity contribution >= 4 is 22.5 Å². The van der Waals surface area contributed by atoms with Crippen molar-refractivity contribution < 1.29 is 31.1 Å². The molecule has 1 saturated heterocycles. The number of nitrogens with one attached hydrogen (secondary N) is 1. The largest absolute Gasteiger partial charge is 0.479 e. The molecule has 3 aromatic heterocycles. The smallest absolute Gasteiger partial charge is 0.281 e. The van der Waals surface area contributed by atoms with Gasteiger partial charge in [-0.2, -0.15) is 4.98 Å². The van der Waals surface area contributed by atoms with Crippen LogP contribution in [0.25, 0.3) is 27.7 Å². The van der Waals surface area contributed by atoms with Crippen LogP contribution in [0.1, 0.15) is 5.82 Å². The topological polar surface area (TPSA) is 72.5 Å². The third kappa shape index (κ3) is 3.98. The van der Waals surface area contributed by atoms with Gasteiger partial charge in [0, 0.05) is 6.54 Å². The number of rotatable bonds is 6. The highest BCUT2D eigenvalue weighted by Crippen LogP contribution is 2.37.